The Morgan fingerprint density at radius 2 is 1.86 bits per heavy atom. The average Bonchev–Trinajstić information content (AvgIpc) is 2.12. The standard InChI is InChI=1S/C7H12O7/c1-13-5-3(9)2(8)4(6(10)11)14-7(5)12/h2-5,7-9,12H,1H3,(H,10,11)/t2-,3-,4+,5+,7?/m1/s1. The summed E-state index contributed by atoms with van der Waals surface area (Å²) in [6.07, 6.45) is -7.49. The van der Waals surface area contributed by atoms with E-state index in [2.05, 4.69) is 9.47 Å². The summed E-state index contributed by atoms with van der Waals surface area (Å²) in [5, 5.41) is 36.4. The smallest absolute Gasteiger partial charge is 0.335 e. The van der Waals surface area contributed by atoms with Crippen LogP contribution in [0.15, 0.2) is 0 Å². The van der Waals surface area contributed by atoms with Crippen molar-refractivity contribution >= 4 is 5.97 Å². The summed E-state index contributed by atoms with van der Waals surface area (Å²) in [4.78, 5) is 10.5. The fourth-order valence-electron chi connectivity index (χ4n) is 1.31. The predicted molar refractivity (Wildman–Crippen MR) is 41.3 cm³/mol. The molecule has 1 fully saturated rings. The molecule has 0 radical (unpaired) electrons. The Morgan fingerprint density at radius 3 is 2.29 bits per heavy atom. The Balaban J connectivity index is 2.77. The Kier molecular flexibility index (Phi) is 3.40. The third-order valence-corrected chi connectivity index (χ3v) is 2.08. The molecule has 14 heavy (non-hydrogen) atoms. The maximum atomic E-state index is 10.5. The van der Waals surface area contributed by atoms with E-state index in [-0.39, 0.29) is 0 Å². The summed E-state index contributed by atoms with van der Waals surface area (Å²) in [7, 11) is 1.20. The fraction of sp³-hybridized carbons (Fsp3) is 0.857. The van der Waals surface area contributed by atoms with Gasteiger partial charge in [0.2, 0.25) is 0 Å². The average molecular weight is 208 g/mol. The van der Waals surface area contributed by atoms with Gasteiger partial charge in [-0.25, -0.2) is 4.79 Å². The van der Waals surface area contributed by atoms with Crippen LogP contribution in [0.1, 0.15) is 0 Å². The number of aliphatic hydroxyl groups is 3. The number of hydrogen-bond acceptors (Lipinski definition) is 6. The number of ether oxygens (including phenoxy) is 2. The van der Waals surface area contributed by atoms with Gasteiger partial charge in [0.05, 0.1) is 0 Å². The van der Waals surface area contributed by atoms with E-state index in [1.165, 1.54) is 7.11 Å². The second-order valence-electron chi connectivity index (χ2n) is 2.97. The van der Waals surface area contributed by atoms with Crippen molar-refractivity contribution in [3.8, 4) is 0 Å². The number of rotatable bonds is 2. The highest BCUT2D eigenvalue weighted by Gasteiger charge is 2.47. The van der Waals surface area contributed by atoms with Crippen molar-refractivity contribution in [1.29, 1.82) is 0 Å². The summed E-state index contributed by atoms with van der Waals surface area (Å²) < 4.78 is 9.19. The monoisotopic (exact) mass is 208 g/mol. The van der Waals surface area contributed by atoms with E-state index in [0.29, 0.717) is 0 Å². The number of aliphatic carboxylic acids is 1. The summed E-state index contributed by atoms with van der Waals surface area (Å²) in [5.74, 6) is -1.45. The Labute approximate surface area is 79.5 Å². The van der Waals surface area contributed by atoms with Crippen molar-refractivity contribution in [3.05, 3.63) is 0 Å². The largest absolute Gasteiger partial charge is 0.479 e. The SMILES string of the molecule is CO[C@@H]1C(O)O[C@H](C(=O)O)[C@H](O)[C@H]1O. The molecule has 1 aliphatic rings. The van der Waals surface area contributed by atoms with Crippen molar-refractivity contribution in [2.24, 2.45) is 0 Å². The highest BCUT2D eigenvalue weighted by molar-refractivity contribution is 5.73. The lowest BCUT2D eigenvalue weighted by molar-refractivity contribution is -0.284. The summed E-state index contributed by atoms with van der Waals surface area (Å²) in [6, 6.07) is 0. The van der Waals surface area contributed by atoms with Gasteiger partial charge in [-0.15, -0.1) is 0 Å². The maximum Gasteiger partial charge on any atom is 0.335 e. The van der Waals surface area contributed by atoms with Gasteiger partial charge in [0.15, 0.2) is 12.4 Å². The van der Waals surface area contributed by atoms with E-state index in [1.807, 2.05) is 0 Å². The minimum absolute atomic E-state index is 1.15. The lowest BCUT2D eigenvalue weighted by Gasteiger charge is -2.37. The quantitative estimate of drug-likeness (QED) is 0.397. The number of aliphatic hydroxyl groups excluding tert-OH is 3. The number of methoxy groups -OCH3 is 1. The van der Waals surface area contributed by atoms with Crippen LogP contribution in [0.3, 0.4) is 0 Å². The van der Waals surface area contributed by atoms with Crippen LogP contribution in [0.5, 0.6) is 0 Å². The molecule has 0 aliphatic carbocycles. The topological polar surface area (TPSA) is 116 Å². The molecule has 1 heterocycles. The van der Waals surface area contributed by atoms with Gasteiger partial charge in [-0.1, -0.05) is 0 Å². The molecule has 7 nitrogen and oxygen atoms in total. The molecule has 1 saturated heterocycles. The van der Waals surface area contributed by atoms with Crippen LogP contribution in [0.4, 0.5) is 0 Å². The zero-order valence-electron chi connectivity index (χ0n) is 7.40. The van der Waals surface area contributed by atoms with E-state index in [0.717, 1.165) is 0 Å². The van der Waals surface area contributed by atoms with Gasteiger partial charge in [-0.2, -0.15) is 0 Å². The van der Waals surface area contributed by atoms with Gasteiger partial charge >= 0.3 is 5.97 Å². The normalized spacial score (nSPS) is 43.6. The molecule has 0 aromatic carbocycles. The molecule has 1 unspecified atom stereocenters. The van der Waals surface area contributed by atoms with Crippen LogP contribution in [0.25, 0.3) is 0 Å². The fourth-order valence-corrected chi connectivity index (χ4v) is 1.31. The Bertz CT molecular complexity index is 218. The van der Waals surface area contributed by atoms with Gasteiger partial charge < -0.3 is 29.9 Å². The van der Waals surface area contributed by atoms with Crippen LogP contribution in [0, 0.1) is 0 Å². The van der Waals surface area contributed by atoms with E-state index < -0.39 is 36.7 Å². The van der Waals surface area contributed by atoms with Crippen molar-refractivity contribution in [1.82, 2.24) is 0 Å². The lowest BCUT2D eigenvalue weighted by Crippen LogP contribution is -2.60. The first-order chi connectivity index (χ1) is 6.49. The van der Waals surface area contributed by atoms with Gasteiger partial charge in [-0.3, -0.25) is 0 Å². The van der Waals surface area contributed by atoms with Gasteiger partial charge in [0.1, 0.15) is 18.3 Å². The van der Waals surface area contributed by atoms with Crippen molar-refractivity contribution in [2.45, 2.75) is 30.7 Å². The van der Waals surface area contributed by atoms with Gasteiger partial charge in [-0.05, 0) is 0 Å². The van der Waals surface area contributed by atoms with Crippen LogP contribution >= 0.6 is 0 Å². The molecular weight excluding hydrogens is 196 g/mol. The minimum Gasteiger partial charge on any atom is -0.479 e. The highest BCUT2D eigenvalue weighted by atomic mass is 16.7. The molecule has 0 aromatic rings. The van der Waals surface area contributed by atoms with Crippen molar-refractivity contribution in [2.75, 3.05) is 7.11 Å². The lowest BCUT2D eigenvalue weighted by atomic mass is 9.99. The van der Waals surface area contributed by atoms with Crippen LogP contribution in [-0.2, 0) is 14.3 Å². The van der Waals surface area contributed by atoms with Crippen LogP contribution in [-0.4, -0.2) is 64.2 Å². The molecule has 5 atom stereocenters. The van der Waals surface area contributed by atoms with Crippen LogP contribution in [0.2, 0.25) is 0 Å². The maximum absolute atomic E-state index is 10.5. The molecular formula is C7H12O7. The number of carboxylic acids is 1. The number of carbonyl (C=O) groups is 1. The third-order valence-electron chi connectivity index (χ3n) is 2.08. The first kappa shape index (κ1) is 11.3. The summed E-state index contributed by atoms with van der Waals surface area (Å²) >= 11 is 0. The first-order valence-electron chi connectivity index (χ1n) is 3.94. The third kappa shape index (κ3) is 1.86. The van der Waals surface area contributed by atoms with Gasteiger partial charge in [0.25, 0.3) is 0 Å². The van der Waals surface area contributed by atoms with Crippen molar-refractivity contribution < 1.29 is 34.7 Å². The number of carboxylic acid groups (broad SMARTS) is 1. The van der Waals surface area contributed by atoms with E-state index >= 15 is 0 Å². The molecule has 0 amide bonds. The second kappa shape index (κ2) is 4.20. The molecule has 0 saturated carbocycles. The molecule has 4 N–H and O–H groups in total. The van der Waals surface area contributed by atoms with E-state index in [1.54, 1.807) is 0 Å². The molecule has 1 aliphatic heterocycles. The molecule has 0 bridgehead atoms. The zero-order valence-corrected chi connectivity index (χ0v) is 7.40. The predicted octanol–water partition coefficient (Wildman–Crippen LogP) is -2.47. The first-order valence-corrected chi connectivity index (χ1v) is 3.94. The van der Waals surface area contributed by atoms with Crippen molar-refractivity contribution in [3.63, 3.8) is 0 Å². The highest BCUT2D eigenvalue weighted by Crippen LogP contribution is 2.21. The van der Waals surface area contributed by atoms with Crippen LogP contribution < -0.4 is 0 Å². The van der Waals surface area contributed by atoms with E-state index in [9.17, 15) is 20.1 Å². The molecule has 0 spiro atoms. The van der Waals surface area contributed by atoms with Gasteiger partial charge in [0, 0.05) is 7.11 Å². The molecule has 7 heteroatoms. The minimum atomic E-state index is -1.65. The molecule has 1 rings (SSSR count). The Hall–Kier alpha value is -0.730. The summed E-state index contributed by atoms with van der Waals surface area (Å²) in [5.41, 5.74) is 0. The molecule has 0 aromatic heterocycles. The summed E-state index contributed by atoms with van der Waals surface area (Å²) in [6.45, 7) is 0. The molecule has 82 valence electrons. The Morgan fingerprint density at radius 1 is 1.29 bits per heavy atom. The number of hydrogen-bond donors (Lipinski definition) is 4. The zero-order chi connectivity index (χ0) is 10.9. The second-order valence-corrected chi connectivity index (χ2v) is 2.97. The van der Waals surface area contributed by atoms with E-state index in [4.69, 9.17) is 5.11 Å².